The number of anilines is 1. The average molecular weight is 370 g/mol. The van der Waals surface area contributed by atoms with E-state index in [0.717, 1.165) is 5.69 Å². The van der Waals surface area contributed by atoms with Crippen LogP contribution in [0.1, 0.15) is 0 Å². The van der Waals surface area contributed by atoms with Crippen molar-refractivity contribution >= 4 is 23.4 Å². The normalized spacial score (nSPS) is 10.4. The number of para-hydroxylation sites is 1. The molecule has 134 valence electrons. The van der Waals surface area contributed by atoms with Crippen molar-refractivity contribution in [2.75, 3.05) is 25.3 Å². The number of hydrogen-bond acceptors (Lipinski definition) is 6. The van der Waals surface area contributed by atoms with Gasteiger partial charge < -0.3 is 14.8 Å². The van der Waals surface area contributed by atoms with Crippen LogP contribution in [0.5, 0.6) is 11.5 Å². The van der Waals surface area contributed by atoms with E-state index in [-0.39, 0.29) is 11.7 Å². The fourth-order valence-electron chi connectivity index (χ4n) is 2.24. The summed E-state index contributed by atoms with van der Waals surface area (Å²) in [5.74, 6) is 1.21. The van der Waals surface area contributed by atoms with Crippen LogP contribution in [0, 0.1) is 0 Å². The maximum absolute atomic E-state index is 12.2. The summed E-state index contributed by atoms with van der Waals surface area (Å²) in [4.78, 5) is 16.4. The predicted octanol–water partition coefficient (Wildman–Crippen LogP) is 3.02. The number of ether oxygens (including phenoxy) is 2. The van der Waals surface area contributed by atoms with Gasteiger partial charge in [0.05, 0.1) is 31.3 Å². The van der Waals surface area contributed by atoms with E-state index in [2.05, 4.69) is 15.4 Å². The van der Waals surface area contributed by atoms with E-state index >= 15 is 0 Å². The second kappa shape index (κ2) is 8.39. The van der Waals surface area contributed by atoms with Crippen molar-refractivity contribution in [3.8, 4) is 17.2 Å². The van der Waals surface area contributed by atoms with E-state index in [1.807, 2.05) is 30.3 Å². The van der Waals surface area contributed by atoms with Crippen LogP contribution < -0.4 is 14.8 Å². The Hall–Kier alpha value is -3.00. The summed E-state index contributed by atoms with van der Waals surface area (Å²) in [5, 5.41) is 7.72. The molecule has 0 aliphatic carbocycles. The van der Waals surface area contributed by atoms with Gasteiger partial charge in [0.2, 0.25) is 11.1 Å². The quantitative estimate of drug-likeness (QED) is 0.644. The van der Waals surface area contributed by atoms with E-state index < -0.39 is 0 Å². The summed E-state index contributed by atoms with van der Waals surface area (Å²) in [7, 11) is 3.12. The van der Waals surface area contributed by atoms with Crippen LogP contribution in [0.3, 0.4) is 0 Å². The number of aromatic nitrogens is 3. The molecule has 8 heteroatoms. The lowest BCUT2D eigenvalue weighted by Gasteiger charge is -2.11. The number of carbonyl (C=O) groups excluding carboxylic acids is 1. The second-order valence-corrected chi connectivity index (χ2v) is 6.15. The maximum atomic E-state index is 12.2. The molecule has 26 heavy (non-hydrogen) atoms. The van der Waals surface area contributed by atoms with Crippen LogP contribution in [-0.2, 0) is 4.79 Å². The monoisotopic (exact) mass is 370 g/mol. The molecule has 1 aromatic heterocycles. The van der Waals surface area contributed by atoms with Gasteiger partial charge in [-0.25, -0.2) is 9.67 Å². The highest BCUT2D eigenvalue weighted by Crippen LogP contribution is 2.29. The topological polar surface area (TPSA) is 78.3 Å². The molecule has 0 saturated carbocycles. The third-order valence-corrected chi connectivity index (χ3v) is 4.36. The minimum atomic E-state index is -0.172. The predicted molar refractivity (Wildman–Crippen MR) is 100 cm³/mol. The number of nitrogens with zero attached hydrogens (tertiary/aromatic N) is 3. The van der Waals surface area contributed by atoms with Crippen molar-refractivity contribution < 1.29 is 14.3 Å². The molecule has 3 rings (SSSR count). The van der Waals surface area contributed by atoms with E-state index in [4.69, 9.17) is 9.47 Å². The largest absolute Gasteiger partial charge is 0.497 e. The number of nitrogens with one attached hydrogen (secondary N) is 1. The Balaban J connectivity index is 1.59. The van der Waals surface area contributed by atoms with Gasteiger partial charge >= 0.3 is 0 Å². The van der Waals surface area contributed by atoms with Crippen LogP contribution >= 0.6 is 11.8 Å². The molecule has 7 nitrogen and oxygen atoms in total. The summed E-state index contributed by atoms with van der Waals surface area (Å²) >= 11 is 1.26. The van der Waals surface area contributed by atoms with Gasteiger partial charge in [-0.05, 0) is 24.3 Å². The molecule has 0 unspecified atom stereocenters. The molecule has 0 bridgehead atoms. The molecule has 3 aromatic rings. The molecule has 0 radical (unpaired) electrons. The zero-order valence-electron chi connectivity index (χ0n) is 14.4. The van der Waals surface area contributed by atoms with Crippen molar-refractivity contribution in [3.63, 3.8) is 0 Å². The Bertz CT molecular complexity index is 883. The molecule has 2 aromatic carbocycles. The van der Waals surface area contributed by atoms with Crippen molar-refractivity contribution in [2.45, 2.75) is 5.16 Å². The summed E-state index contributed by atoms with van der Waals surface area (Å²) in [6, 6.07) is 14.9. The molecule has 1 amide bonds. The molecule has 0 atom stereocenters. The first-order chi connectivity index (χ1) is 12.7. The zero-order valence-corrected chi connectivity index (χ0v) is 15.2. The summed E-state index contributed by atoms with van der Waals surface area (Å²) in [6.07, 6.45) is 1.63. The first-order valence-electron chi connectivity index (χ1n) is 7.81. The Morgan fingerprint density at radius 2 is 1.96 bits per heavy atom. The Labute approximate surface area is 155 Å². The number of carbonyl (C=O) groups is 1. The number of benzene rings is 2. The summed E-state index contributed by atoms with van der Waals surface area (Å²) in [6.45, 7) is 0. The van der Waals surface area contributed by atoms with Gasteiger partial charge in [-0.15, -0.1) is 5.10 Å². The van der Waals surface area contributed by atoms with Gasteiger partial charge in [-0.1, -0.05) is 30.0 Å². The van der Waals surface area contributed by atoms with E-state index in [1.54, 1.807) is 43.4 Å². The van der Waals surface area contributed by atoms with Crippen LogP contribution in [0.4, 0.5) is 5.69 Å². The fraction of sp³-hybridized carbons (Fsp3) is 0.167. The van der Waals surface area contributed by atoms with Crippen LogP contribution in [-0.4, -0.2) is 40.6 Å². The SMILES string of the molecule is COc1ccc(NC(=O)CSc2ncn(-c3ccccc3)n2)c(OC)c1. The Morgan fingerprint density at radius 1 is 1.15 bits per heavy atom. The Kier molecular flexibility index (Phi) is 5.75. The molecule has 1 N–H and O–H groups in total. The van der Waals surface area contributed by atoms with Gasteiger partial charge in [0.25, 0.3) is 0 Å². The van der Waals surface area contributed by atoms with Gasteiger partial charge in [0.15, 0.2) is 0 Å². The van der Waals surface area contributed by atoms with Gasteiger partial charge in [-0.2, -0.15) is 0 Å². The molecule has 0 fully saturated rings. The van der Waals surface area contributed by atoms with Gasteiger partial charge in [0.1, 0.15) is 17.8 Å². The first kappa shape index (κ1) is 17.8. The lowest BCUT2D eigenvalue weighted by Crippen LogP contribution is -2.14. The average Bonchev–Trinajstić information content (AvgIpc) is 3.16. The highest BCUT2D eigenvalue weighted by molar-refractivity contribution is 7.99. The standard InChI is InChI=1S/C18H18N4O3S/c1-24-14-8-9-15(16(10-14)25-2)20-17(23)11-26-18-19-12-22(21-18)13-6-4-3-5-7-13/h3-10,12H,11H2,1-2H3,(H,20,23). The molecule has 0 saturated heterocycles. The lowest BCUT2D eigenvalue weighted by molar-refractivity contribution is -0.113. The van der Waals surface area contributed by atoms with Crippen molar-refractivity contribution in [3.05, 3.63) is 54.9 Å². The van der Waals surface area contributed by atoms with Crippen molar-refractivity contribution in [1.29, 1.82) is 0 Å². The molecular formula is C18H18N4O3S. The summed E-state index contributed by atoms with van der Waals surface area (Å²) in [5.41, 5.74) is 1.50. The molecule has 1 heterocycles. The number of hydrogen-bond donors (Lipinski definition) is 1. The molecule has 0 spiro atoms. The third-order valence-electron chi connectivity index (χ3n) is 3.51. The fourth-order valence-corrected chi connectivity index (χ4v) is 2.84. The minimum absolute atomic E-state index is 0.172. The smallest absolute Gasteiger partial charge is 0.234 e. The van der Waals surface area contributed by atoms with E-state index in [9.17, 15) is 4.79 Å². The van der Waals surface area contributed by atoms with Gasteiger partial charge in [-0.3, -0.25) is 4.79 Å². The lowest BCUT2D eigenvalue weighted by atomic mass is 10.2. The highest BCUT2D eigenvalue weighted by Gasteiger charge is 2.11. The molecule has 0 aliphatic rings. The molecular weight excluding hydrogens is 352 g/mol. The highest BCUT2D eigenvalue weighted by atomic mass is 32.2. The third kappa shape index (κ3) is 4.34. The number of methoxy groups -OCH3 is 2. The van der Waals surface area contributed by atoms with Crippen molar-refractivity contribution in [1.82, 2.24) is 14.8 Å². The summed E-state index contributed by atoms with van der Waals surface area (Å²) < 4.78 is 12.1. The van der Waals surface area contributed by atoms with Crippen LogP contribution in [0.2, 0.25) is 0 Å². The number of rotatable bonds is 7. The maximum Gasteiger partial charge on any atom is 0.234 e. The Morgan fingerprint density at radius 3 is 2.69 bits per heavy atom. The first-order valence-corrected chi connectivity index (χ1v) is 8.80. The van der Waals surface area contributed by atoms with Gasteiger partial charge in [0, 0.05) is 6.07 Å². The van der Waals surface area contributed by atoms with E-state index in [0.29, 0.717) is 22.3 Å². The van der Waals surface area contributed by atoms with Crippen LogP contribution in [0.25, 0.3) is 5.69 Å². The van der Waals surface area contributed by atoms with E-state index in [1.165, 1.54) is 11.8 Å². The van der Waals surface area contributed by atoms with Crippen LogP contribution in [0.15, 0.2) is 60.0 Å². The number of amides is 1. The van der Waals surface area contributed by atoms with Crippen molar-refractivity contribution in [2.24, 2.45) is 0 Å². The second-order valence-electron chi connectivity index (χ2n) is 5.21. The minimum Gasteiger partial charge on any atom is -0.497 e. The zero-order chi connectivity index (χ0) is 18.4. The molecule has 0 aliphatic heterocycles. The number of thioether (sulfide) groups is 1.